The summed E-state index contributed by atoms with van der Waals surface area (Å²) in [6, 6.07) is 11.6. The van der Waals surface area contributed by atoms with Crippen LogP contribution in [0.25, 0.3) is 21.7 Å². The van der Waals surface area contributed by atoms with Gasteiger partial charge in [0.2, 0.25) is 23.4 Å². The Kier molecular flexibility index (Phi) is 9.25. The second kappa shape index (κ2) is 13.2. The molecule has 1 fully saturated rings. The second-order valence-corrected chi connectivity index (χ2v) is 10.8. The summed E-state index contributed by atoms with van der Waals surface area (Å²) in [6.07, 6.45) is 3.18. The van der Waals surface area contributed by atoms with Crippen molar-refractivity contribution in [3.8, 4) is 10.7 Å². The van der Waals surface area contributed by atoms with Crippen molar-refractivity contribution in [3.63, 3.8) is 0 Å². The number of carbonyl (C=O) groups is 2. The highest BCUT2D eigenvalue weighted by molar-refractivity contribution is 7.13. The molecule has 0 radical (unpaired) electrons. The highest BCUT2D eigenvalue weighted by atomic mass is 32.1. The Morgan fingerprint density at radius 3 is 2.80 bits per heavy atom. The second-order valence-electron chi connectivity index (χ2n) is 9.89. The van der Waals surface area contributed by atoms with E-state index >= 15 is 0 Å². The molecular formula is C29H35N5O5S. The molecule has 4 heterocycles. The molecule has 0 atom stereocenters. The molecule has 1 aliphatic heterocycles. The largest absolute Gasteiger partial charge is 0.449 e. The molecule has 1 aromatic carbocycles. The molecule has 0 saturated carbocycles. The number of benzene rings is 1. The summed E-state index contributed by atoms with van der Waals surface area (Å²) >= 11 is 1.52. The van der Waals surface area contributed by atoms with Crippen molar-refractivity contribution in [1.29, 1.82) is 0 Å². The molecule has 0 spiro atoms. The van der Waals surface area contributed by atoms with Crippen LogP contribution in [0.15, 0.2) is 50.7 Å². The summed E-state index contributed by atoms with van der Waals surface area (Å²) in [7, 11) is 2.14. The number of piperidine rings is 1. The van der Waals surface area contributed by atoms with Crippen molar-refractivity contribution in [1.82, 2.24) is 19.9 Å². The Morgan fingerprint density at radius 1 is 1.20 bits per heavy atom. The molecule has 4 aromatic rings. The van der Waals surface area contributed by atoms with Gasteiger partial charge in [-0.15, -0.1) is 11.3 Å². The summed E-state index contributed by atoms with van der Waals surface area (Å²) in [5, 5.41) is 9.57. The number of aromatic nitrogens is 2. The Hall–Kier alpha value is -3.54. The first-order valence-corrected chi connectivity index (χ1v) is 14.7. The highest BCUT2D eigenvalue weighted by Gasteiger charge is 2.30. The van der Waals surface area contributed by atoms with Gasteiger partial charge in [0.15, 0.2) is 0 Å². The van der Waals surface area contributed by atoms with Gasteiger partial charge in [-0.1, -0.05) is 23.4 Å². The molecule has 5 rings (SSSR count). The van der Waals surface area contributed by atoms with Gasteiger partial charge in [0.25, 0.3) is 5.91 Å². The van der Waals surface area contributed by atoms with Crippen molar-refractivity contribution in [3.05, 3.63) is 53.4 Å². The number of carbonyl (C=O) groups excluding carboxylic acids is 2. The summed E-state index contributed by atoms with van der Waals surface area (Å²) < 4.78 is 16.8. The molecule has 1 N–H and O–H groups in total. The summed E-state index contributed by atoms with van der Waals surface area (Å²) in [5.41, 5.74) is 0.966. The van der Waals surface area contributed by atoms with Crippen molar-refractivity contribution in [2.45, 2.75) is 45.1 Å². The van der Waals surface area contributed by atoms with Crippen LogP contribution in [0.4, 0.5) is 5.69 Å². The monoisotopic (exact) mass is 565 g/mol. The number of rotatable bonds is 12. The van der Waals surface area contributed by atoms with Gasteiger partial charge in [-0.05, 0) is 56.8 Å². The Labute approximate surface area is 237 Å². The van der Waals surface area contributed by atoms with Gasteiger partial charge in [-0.25, -0.2) is 0 Å². The molecule has 11 heteroatoms. The maximum atomic E-state index is 13.6. The van der Waals surface area contributed by atoms with Crippen LogP contribution < -0.4 is 5.32 Å². The van der Waals surface area contributed by atoms with Crippen LogP contribution in [-0.4, -0.2) is 77.7 Å². The van der Waals surface area contributed by atoms with Gasteiger partial charge >= 0.3 is 0 Å². The quantitative estimate of drug-likeness (QED) is 0.237. The average Bonchev–Trinajstić information content (AvgIpc) is 3.75. The highest BCUT2D eigenvalue weighted by Crippen LogP contribution is 2.33. The number of likely N-dealkylation sites (tertiary alicyclic amines) is 1. The number of nitrogens with one attached hydrogen (secondary N) is 1. The standard InChI is InChI=1S/C29H35N5O5S/c1-3-37-18-7-15-33(2)20-13-16-34(17-14-20)29(36)27-26(21-8-4-5-9-22(21)38-27)30-24(35)11-12-25-31-28(32-39-25)23-10-6-19-40-23/h4-6,8-10,19-20H,3,7,11-18H2,1-2H3,(H,30,35). The number of para-hydroxylation sites is 1. The van der Waals surface area contributed by atoms with E-state index in [-0.39, 0.29) is 30.4 Å². The number of nitrogens with zero attached hydrogens (tertiary/aromatic N) is 4. The van der Waals surface area contributed by atoms with E-state index in [1.54, 1.807) is 6.07 Å². The number of ether oxygens (including phenoxy) is 1. The van der Waals surface area contributed by atoms with E-state index in [0.29, 0.717) is 47.5 Å². The van der Waals surface area contributed by atoms with E-state index in [0.717, 1.165) is 43.9 Å². The van der Waals surface area contributed by atoms with Crippen LogP contribution in [0, 0.1) is 0 Å². The Morgan fingerprint density at radius 2 is 2.02 bits per heavy atom. The van der Waals surface area contributed by atoms with Crippen molar-refractivity contribution in [2.24, 2.45) is 0 Å². The van der Waals surface area contributed by atoms with Crippen LogP contribution in [0.5, 0.6) is 0 Å². The van der Waals surface area contributed by atoms with Crippen LogP contribution in [0.2, 0.25) is 0 Å². The third kappa shape index (κ3) is 6.60. The number of anilines is 1. The number of fused-ring (bicyclic) bond motifs is 1. The molecule has 3 aromatic heterocycles. The fourth-order valence-electron chi connectivity index (χ4n) is 5.00. The molecule has 10 nitrogen and oxygen atoms in total. The zero-order valence-electron chi connectivity index (χ0n) is 22.9. The summed E-state index contributed by atoms with van der Waals surface area (Å²) in [6.45, 7) is 5.75. The number of thiophene rings is 1. The first-order chi connectivity index (χ1) is 19.5. The van der Waals surface area contributed by atoms with Crippen molar-refractivity contribution in [2.75, 3.05) is 45.2 Å². The average molecular weight is 566 g/mol. The zero-order valence-corrected chi connectivity index (χ0v) is 23.7. The van der Waals surface area contributed by atoms with Gasteiger partial charge in [0.1, 0.15) is 11.3 Å². The van der Waals surface area contributed by atoms with Crippen molar-refractivity contribution < 1.29 is 23.3 Å². The summed E-state index contributed by atoms with van der Waals surface area (Å²) in [4.78, 5) is 36.1. The molecule has 212 valence electrons. The van der Waals surface area contributed by atoms with E-state index in [2.05, 4.69) is 27.4 Å². The molecule has 1 aliphatic rings. The van der Waals surface area contributed by atoms with Crippen LogP contribution in [0.3, 0.4) is 0 Å². The number of hydrogen-bond donors (Lipinski definition) is 1. The lowest BCUT2D eigenvalue weighted by atomic mass is 10.0. The van der Waals surface area contributed by atoms with Crippen molar-refractivity contribution >= 4 is 39.8 Å². The maximum absolute atomic E-state index is 13.6. The Bertz CT molecular complexity index is 1410. The predicted octanol–water partition coefficient (Wildman–Crippen LogP) is 5.08. The topological polar surface area (TPSA) is 114 Å². The fraction of sp³-hybridized carbons (Fsp3) is 0.448. The van der Waals surface area contributed by atoms with E-state index < -0.39 is 0 Å². The first kappa shape index (κ1) is 28.0. The molecule has 0 unspecified atom stereocenters. The zero-order chi connectivity index (χ0) is 27.9. The molecular weight excluding hydrogens is 530 g/mol. The Balaban J connectivity index is 1.21. The minimum absolute atomic E-state index is 0.125. The van der Waals surface area contributed by atoms with Crippen LogP contribution >= 0.6 is 11.3 Å². The number of aryl methyl sites for hydroxylation is 1. The van der Waals surface area contributed by atoms with E-state index in [9.17, 15) is 9.59 Å². The molecule has 0 bridgehead atoms. The number of hydrogen-bond acceptors (Lipinski definition) is 9. The van der Waals surface area contributed by atoms with Crippen LogP contribution in [-0.2, 0) is 16.0 Å². The van der Waals surface area contributed by atoms with Gasteiger partial charge in [0.05, 0.1) is 4.88 Å². The SMILES string of the molecule is CCOCCCN(C)C1CCN(C(=O)c2oc3ccccc3c2NC(=O)CCc2nc(-c3cccs3)no2)CC1. The fourth-order valence-corrected chi connectivity index (χ4v) is 5.65. The first-order valence-electron chi connectivity index (χ1n) is 13.8. The molecule has 1 saturated heterocycles. The molecule has 2 amide bonds. The minimum Gasteiger partial charge on any atom is -0.449 e. The predicted molar refractivity (Wildman–Crippen MR) is 153 cm³/mol. The smallest absolute Gasteiger partial charge is 0.291 e. The maximum Gasteiger partial charge on any atom is 0.291 e. The van der Waals surface area contributed by atoms with Gasteiger partial charge in [-0.2, -0.15) is 4.98 Å². The lowest BCUT2D eigenvalue weighted by molar-refractivity contribution is -0.116. The molecule has 40 heavy (non-hydrogen) atoms. The molecule has 0 aliphatic carbocycles. The number of furan rings is 1. The van der Waals surface area contributed by atoms with Gasteiger partial charge in [-0.3, -0.25) is 9.59 Å². The number of amides is 2. The third-order valence-electron chi connectivity index (χ3n) is 7.21. The summed E-state index contributed by atoms with van der Waals surface area (Å²) in [5.74, 6) is 0.596. The lowest BCUT2D eigenvalue weighted by Crippen LogP contribution is -2.46. The third-order valence-corrected chi connectivity index (χ3v) is 8.07. The normalized spacial score (nSPS) is 14.3. The van der Waals surface area contributed by atoms with Gasteiger partial charge < -0.3 is 28.8 Å². The van der Waals surface area contributed by atoms with Gasteiger partial charge in [0, 0.05) is 57.1 Å². The van der Waals surface area contributed by atoms with E-state index in [4.69, 9.17) is 13.7 Å². The van der Waals surface area contributed by atoms with E-state index in [1.807, 2.05) is 47.5 Å². The lowest BCUT2D eigenvalue weighted by Gasteiger charge is -2.36. The van der Waals surface area contributed by atoms with E-state index in [1.165, 1.54) is 11.3 Å². The minimum atomic E-state index is -0.260. The van der Waals surface area contributed by atoms with Crippen LogP contribution in [0.1, 0.15) is 49.1 Å².